The van der Waals surface area contributed by atoms with Crippen LogP contribution in [0.4, 0.5) is 5.82 Å². The van der Waals surface area contributed by atoms with E-state index in [0.29, 0.717) is 12.8 Å². The van der Waals surface area contributed by atoms with Crippen LogP contribution in [0.1, 0.15) is 56.2 Å². The fourth-order valence-electron chi connectivity index (χ4n) is 3.42. The summed E-state index contributed by atoms with van der Waals surface area (Å²) in [5.74, 6) is 0.00144. The van der Waals surface area contributed by atoms with Gasteiger partial charge in [-0.1, -0.05) is 25.7 Å². The third-order valence-corrected chi connectivity index (χ3v) is 4.60. The fourth-order valence-corrected chi connectivity index (χ4v) is 3.42. The number of hydrogen-bond donors (Lipinski definition) is 2. The lowest BCUT2D eigenvalue weighted by Gasteiger charge is -2.30. The summed E-state index contributed by atoms with van der Waals surface area (Å²) < 4.78 is 0. The lowest BCUT2D eigenvalue weighted by molar-refractivity contribution is -0.142. The van der Waals surface area contributed by atoms with Gasteiger partial charge in [0.05, 0.1) is 0 Å². The van der Waals surface area contributed by atoms with Gasteiger partial charge >= 0.3 is 5.97 Å². The van der Waals surface area contributed by atoms with Gasteiger partial charge in [-0.3, -0.25) is 0 Å². The van der Waals surface area contributed by atoms with Crippen molar-refractivity contribution in [2.75, 3.05) is 5.32 Å². The van der Waals surface area contributed by atoms with Gasteiger partial charge in [0, 0.05) is 11.3 Å². The van der Waals surface area contributed by atoms with E-state index in [1.54, 1.807) is 6.33 Å². The zero-order valence-corrected chi connectivity index (χ0v) is 11.7. The molecule has 1 saturated carbocycles. The first-order valence-electron chi connectivity index (χ1n) is 7.56. The first-order valence-corrected chi connectivity index (χ1v) is 7.56. The van der Waals surface area contributed by atoms with Crippen LogP contribution in [0.5, 0.6) is 0 Å². The van der Waals surface area contributed by atoms with Crippen LogP contribution in [0, 0.1) is 0 Å². The molecule has 1 aromatic heterocycles. The third kappa shape index (κ3) is 2.37. The summed E-state index contributed by atoms with van der Waals surface area (Å²) in [5, 5.41) is 13.0. The minimum absolute atomic E-state index is 0.682. The number of aromatic nitrogens is 2. The molecule has 0 aromatic carbocycles. The molecule has 0 spiro atoms. The number of rotatable bonds is 3. The predicted molar refractivity (Wildman–Crippen MR) is 75.7 cm³/mol. The monoisotopic (exact) mass is 275 g/mol. The highest BCUT2D eigenvalue weighted by molar-refractivity contribution is 5.82. The van der Waals surface area contributed by atoms with Crippen molar-refractivity contribution in [2.45, 2.75) is 63.3 Å². The Kier molecular flexibility index (Phi) is 3.59. The molecule has 2 aliphatic rings. The first kappa shape index (κ1) is 13.3. The summed E-state index contributed by atoms with van der Waals surface area (Å²) in [4.78, 5) is 20.4. The SMILES string of the molecule is O=C(O)C1(Nc2ncnc3c2CCC3)CCCCCC1. The quantitative estimate of drug-likeness (QED) is 0.829. The minimum Gasteiger partial charge on any atom is -0.480 e. The highest BCUT2D eigenvalue weighted by Gasteiger charge is 2.39. The van der Waals surface area contributed by atoms with Gasteiger partial charge in [-0.25, -0.2) is 14.8 Å². The molecule has 20 heavy (non-hydrogen) atoms. The number of hydrogen-bond acceptors (Lipinski definition) is 4. The Hall–Kier alpha value is -1.65. The van der Waals surface area contributed by atoms with E-state index in [-0.39, 0.29) is 0 Å². The highest BCUT2D eigenvalue weighted by Crippen LogP contribution is 2.33. The Morgan fingerprint density at radius 3 is 2.55 bits per heavy atom. The van der Waals surface area contributed by atoms with Crippen molar-refractivity contribution in [1.82, 2.24) is 9.97 Å². The van der Waals surface area contributed by atoms with Crippen LogP contribution < -0.4 is 5.32 Å². The maximum absolute atomic E-state index is 11.8. The van der Waals surface area contributed by atoms with Crippen LogP contribution in [0.15, 0.2) is 6.33 Å². The van der Waals surface area contributed by atoms with Crippen molar-refractivity contribution >= 4 is 11.8 Å². The van der Waals surface area contributed by atoms with Crippen molar-refractivity contribution in [1.29, 1.82) is 0 Å². The Bertz CT molecular complexity index is 508. The van der Waals surface area contributed by atoms with Gasteiger partial charge in [-0.15, -0.1) is 0 Å². The standard InChI is InChI=1S/C15H21N3O2/c19-14(20)15(8-3-1-2-4-9-15)18-13-11-6-5-7-12(11)16-10-17-13/h10H,1-9H2,(H,19,20)(H,16,17,18). The van der Waals surface area contributed by atoms with E-state index in [1.807, 2.05) is 0 Å². The van der Waals surface area contributed by atoms with E-state index in [9.17, 15) is 9.90 Å². The normalized spacial score (nSPS) is 21.0. The zero-order valence-electron chi connectivity index (χ0n) is 11.7. The van der Waals surface area contributed by atoms with Crippen molar-refractivity contribution in [3.05, 3.63) is 17.6 Å². The van der Waals surface area contributed by atoms with Gasteiger partial charge in [0.15, 0.2) is 0 Å². The number of carbonyl (C=O) groups is 1. The van der Waals surface area contributed by atoms with Crippen molar-refractivity contribution < 1.29 is 9.90 Å². The molecule has 1 heterocycles. The molecule has 5 nitrogen and oxygen atoms in total. The number of carboxylic acid groups (broad SMARTS) is 1. The second kappa shape index (κ2) is 5.38. The maximum atomic E-state index is 11.8. The van der Waals surface area contributed by atoms with Crippen LogP contribution in [0.2, 0.25) is 0 Å². The van der Waals surface area contributed by atoms with E-state index in [2.05, 4.69) is 15.3 Å². The number of anilines is 1. The lowest BCUT2D eigenvalue weighted by Crippen LogP contribution is -2.46. The largest absolute Gasteiger partial charge is 0.480 e. The summed E-state index contributed by atoms with van der Waals surface area (Å²) in [5.41, 5.74) is 1.36. The molecule has 0 aliphatic heterocycles. The molecule has 0 unspecified atom stereocenters. The molecule has 0 amide bonds. The van der Waals surface area contributed by atoms with Gasteiger partial charge in [0.25, 0.3) is 0 Å². The van der Waals surface area contributed by atoms with E-state index < -0.39 is 11.5 Å². The van der Waals surface area contributed by atoms with Crippen LogP contribution in [-0.4, -0.2) is 26.6 Å². The van der Waals surface area contributed by atoms with Crippen LogP contribution >= 0.6 is 0 Å². The second-order valence-corrected chi connectivity index (χ2v) is 5.93. The predicted octanol–water partition coefficient (Wildman–Crippen LogP) is 2.55. The minimum atomic E-state index is -0.846. The molecule has 2 aliphatic carbocycles. The summed E-state index contributed by atoms with van der Waals surface area (Å²) in [7, 11) is 0. The number of carboxylic acids is 1. The van der Waals surface area contributed by atoms with Crippen LogP contribution in [-0.2, 0) is 17.6 Å². The zero-order chi connectivity index (χ0) is 14.0. The fraction of sp³-hybridized carbons (Fsp3) is 0.667. The molecule has 108 valence electrons. The van der Waals surface area contributed by atoms with Gasteiger partial charge in [-0.2, -0.15) is 0 Å². The van der Waals surface area contributed by atoms with Crippen molar-refractivity contribution in [3.63, 3.8) is 0 Å². The van der Waals surface area contributed by atoms with E-state index in [4.69, 9.17) is 0 Å². The van der Waals surface area contributed by atoms with Gasteiger partial charge in [0.2, 0.25) is 0 Å². The number of aryl methyl sites for hydroxylation is 1. The molecular formula is C15H21N3O2. The third-order valence-electron chi connectivity index (χ3n) is 4.60. The average Bonchev–Trinajstić information content (AvgIpc) is 2.79. The molecule has 0 atom stereocenters. The van der Waals surface area contributed by atoms with E-state index >= 15 is 0 Å². The maximum Gasteiger partial charge on any atom is 0.329 e. The first-order chi connectivity index (χ1) is 9.71. The Morgan fingerprint density at radius 1 is 1.10 bits per heavy atom. The summed E-state index contributed by atoms with van der Waals surface area (Å²) in [6.07, 6.45) is 10.1. The Morgan fingerprint density at radius 2 is 1.85 bits per heavy atom. The Balaban J connectivity index is 1.90. The van der Waals surface area contributed by atoms with Gasteiger partial charge in [0.1, 0.15) is 17.7 Å². The Labute approximate surface area is 118 Å². The van der Waals surface area contributed by atoms with Crippen LogP contribution in [0.25, 0.3) is 0 Å². The van der Waals surface area contributed by atoms with Gasteiger partial charge in [-0.05, 0) is 32.1 Å². The summed E-state index contributed by atoms with van der Waals surface area (Å²) >= 11 is 0. The molecular weight excluding hydrogens is 254 g/mol. The molecule has 0 radical (unpaired) electrons. The summed E-state index contributed by atoms with van der Waals surface area (Å²) in [6.45, 7) is 0. The van der Waals surface area contributed by atoms with Crippen molar-refractivity contribution in [3.8, 4) is 0 Å². The number of nitrogens with one attached hydrogen (secondary N) is 1. The number of fused-ring (bicyclic) bond motifs is 1. The molecule has 0 bridgehead atoms. The molecule has 1 fully saturated rings. The van der Waals surface area contributed by atoms with Crippen LogP contribution in [0.3, 0.4) is 0 Å². The molecule has 0 saturated heterocycles. The van der Waals surface area contributed by atoms with E-state index in [0.717, 1.165) is 62.0 Å². The number of nitrogens with zero attached hydrogens (tertiary/aromatic N) is 2. The summed E-state index contributed by atoms with van der Waals surface area (Å²) in [6, 6.07) is 0. The molecule has 1 aromatic rings. The van der Waals surface area contributed by atoms with E-state index in [1.165, 1.54) is 0 Å². The highest BCUT2D eigenvalue weighted by atomic mass is 16.4. The van der Waals surface area contributed by atoms with Gasteiger partial charge < -0.3 is 10.4 Å². The molecule has 5 heteroatoms. The number of aliphatic carboxylic acids is 1. The average molecular weight is 275 g/mol. The second-order valence-electron chi connectivity index (χ2n) is 5.93. The molecule has 3 rings (SSSR count). The smallest absolute Gasteiger partial charge is 0.329 e. The van der Waals surface area contributed by atoms with Crippen molar-refractivity contribution in [2.24, 2.45) is 0 Å². The molecule has 2 N–H and O–H groups in total. The topological polar surface area (TPSA) is 75.1 Å². The lowest BCUT2D eigenvalue weighted by atomic mass is 9.90.